The molecule has 7 heteroatoms. The summed E-state index contributed by atoms with van der Waals surface area (Å²) in [5, 5.41) is 2.71. The van der Waals surface area contributed by atoms with Gasteiger partial charge in [-0.15, -0.1) is 0 Å². The maximum Gasteiger partial charge on any atom is 0.261 e. The van der Waals surface area contributed by atoms with Gasteiger partial charge in [-0.3, -0.25) is 9.59 Å². The van der Waals surface area contributed by atoms with E-state index in [1.807, 2.05) is 6.92 Å². The Morgan fingerprint density at radius 2 is 1.68 bits per heavy atom. The molecule has 0 saturated carbocycles. The lowest BCUT2D eigenvalue weighted by Crippen LogP contribution is -2.49. The standard InChI is InChI=1S/C21H25FN2O4/c1-4-23-21(26)15(2)24(13-16-5-7-17(22)8-6-16)20(25)14-28-19-11-9-18(27-3)10-12-19/h5-12,15H,4,13-14H2,1-3H3,(H,23,26). The quantitative estimate of drug-likeness (QED) is 0.717. The molecule has 0 aliphatic heterocycles. The number of nitrogens with one attached hydrogen (secondary N) is 1. The van der Waals surface area contributed by atoms with Crippen molar-refractivity contribution in [3.05, 3.63) is 59.9 Å². The first kappa shape index (κ1) is 21.2. The van der Waals surface area contributed by atoms with Crippen molar-refractivity contribution in [3.63, 3.8) is 0 Å². The van der Waals surface area contributed by atoms with Gasteiger partial charge in [-0.25, -0.2) is 4.39 Å². The average molecular weight is 388 g/mol. The van der Waals surface area contributed by atoms with E-state index in [4.69, 9.17) is 9.47 Å². The zero-order valence-electron chi connectivity index (χ0n) is 16.3. The summed E-state index contributed by atoms with van der Waals surface area (Å²) in [6, 6.07) is 12.0. The summed E-state index contributed by atoms with van der Waals surface area (Å²) in [5.74, 6) is 0.227. The van der Waals surface area contributed by atoms with Gasteiger partial charge in [-0.1, -0.05) is 12.1 Å². The first-order valence-corrected chi connectivity index (χ1v) is 9.03. The molecule has 0 fully saturated rings. The van der Waals surface area contributed by atoms with E-state index in [2.05, 4.69) is 5.32 Å². The van der Waals surface area contributed by atoms with Crippen LogP contribution in [0, 0.1) is 5.82 Å². The third kappa shape index (κ3) is 5.97. The predicted molar refractivity (Wildman–Crippen MR) is 104 cm³/mol. The van der Waals surface area contributed by atoms with Crippen LogP contribution >= 0.6 is 0 Å². The Labute approximate surface area is 164 Å². The smallest absolute Gasteiger partial charge is 0.261 e. The van der Waals surface area contributed by atoms with Gasteiger partial charge >= 0.3 is 0 Å². The molecule has 2 aromatic carbocycles. The summed E-state index contributed by atoms with van der Waals surface area (Å²) >= 11 is 0. The Morgan fingerprint density at radius 1 is 1.07 bits per heavy atom. The SMILES string of the molecule is CCNC(=O)C(C)N(Cc1ccc(F)cc1)C(=O)COc1ccc(OC)cc1. The summed E-state index contributed by atoms with van der Waals surface area (Å²) in [6.07, 6.45) is 0. The van der Waals surface area contributed by atoms with E-state index in [1.54, 1.807) is 50.4 Å². The topological polar surface area (TPSA) is 67.9 Å². The van der Waals surface area contributed by atoms with Crippen LogP contribution in [-0.4, -0.2) is 43.0 Å². The number of rotatable bonds is 9. The van der Waals surface area contributed by atoms with Gasteiger partial charge in [0.25, 0.3) is 5.91 Å². The molecular weight excluding hydrogens is 363 g/mol. The highest BCUT2D eigenvalue weighted by Crippen LogP contribution is 2.17. The second-order valence-electron chi connectivity index (χ2n) is 6.18. The van der Waals surface area contributed by atoms with Crippen LogP contribution in [0.4, 0.5) is 4.39 Å². The van der Waals surface area contributed by atoms with Crippen molar-refractivity contribution in [2.24, 2.45) is 0 Å². The molecule has 1 atom stereocenters. The monoisotopic (exact) mass is 388 g/mol. The third-order valence-electron chi connectivity index (χ3n) is 4.21. The molecule has 6 nitrogen and oxygen atoms in total. The molecule has 0 aliphatic rings. The molecule has 0 aliphatic carbocycles. The van der Waals surface area contributed by atoms with Gasteiger partial charge in [0, 0.05) is 13.1 Å². The molecule has 0 heterocycles. The number of nitrogens with zero attached hydrogens (tertiary/aromatic N) is 1. The van der Waals surface area contributed by atoms with Gasteiger partial charge in [0.2, 0.25) is 5.91 Å². The van der Waals surface area contributed by atoms with Crippen LogP contribution in [-0.2, 0) is 16.1 Å². The lowest BCUT2D eigenvalue weighted by atomic mass is 10.1. The van der Waals surface area contributed by atoms with Crippen LogP contribution < -0.4 is 14.8 Å². The number of halogens is 1. The highest BCUT2D eigenvalue weighted by Gasteiger charge is 2.26. The fourth-order valence-corrected chi connectivity index (χ4v) is 2.59. The summed E-state index contributed by atoms with van der Waals surface area (Å²) in [6.45, 7) is 3.87. The number of hydrogen-bond acceptors (Lipinski definition) is 4. The number of amides is 2. The van der Waals surface area contributed by atoms with Crippen LogP contribution in [0.3, 0.4) is 0 Å². The van der Waals surface area contributed by atoms with Crippen molar-refractivity contribution < 1.29 is 23.5 Å². The molecule has 0 spiro atoms. The van der Waals surface area contributed by atoms with Crippen molar-refractivity contribution in [1.29, 1.82) is 0 Å². The van der Waals surface area contributed by atoms with E-state index in [-0.39, 0.29) is 30.8 Å². The van der Waals surface area contributed by atoms with Gasteiger partial charge in [-0.2, -0.15) is 0 Å². The Hall–Kier alpha value is -3.09. The van der Waals surface area contributed by atoms with E-state index >= 15 is 0 Å². The van der Waals surface area contributed by atoms with Crippen molar-refractivity contribution in [3.8, 4) is 11.5 Å². The zero-order chi connectivity index (χ0) is 20.5. The first-order valence-electron chi connectivity index (χ1n) is 9.03. The molecule has 1 unspecified atom stereocenters. The molecule has 0 aromatic heterocycles. The van der Waals surface area contributed by atoms with E-state index in [0.29, 0.717) is 18.0 Å². The summed E-state index contributed by atoms with van der Waals surface area (Å²) in [7, 11) is 1.56. The minimum atomic E-state index is -0.697. The molecule has 0 saturated heterocycles. The number of methoxy groups -OCH3 is 1. The molecular formula is C21H25FN2O4. The van der Waals surface area contributed by atoms with Crippen LogP contribution in [0.2, 0.25) is 0 Å². The van der Waals surface area contributed by atoms with Crippen molar-refractivity contribution in [1.82, 2.24) is 10.2 Å². The molecule has 0 bridgehead atoms. The van der Waals surface area contributed by atoms with Gasteiger partial charge in [0.15, 0.2) is 6.61 Å². The van der Waals surface area contributed by atoms with E-state index in [9.17, 15) is 14.0 Å². The van der Waals surface area contributed by atoms with Crippen LogP contribution in [0.25, 0.3) is 0 Å². The molecule has 150 valence electrons. The largest absolute Gasteiger partial charge is 0.497 e. The Bertz CT molecular complexity index is 778. The van der Waals surface area contributed by atoms with Crippen molar-refractivity contribution >= 4 is 11.8 Å². The highest BCUT2D eigenvalue weighted by atomic mass is 19.1. The lowest BCUT2D eigenvalue weighted by molar-refractivity contribution is -0.142. The van der Waals surface area contributed by atoms with Crippen LogP contribution in [0.5, 0.6) is 11.5 Å². The normalized spacial score (nSPS) is 11.4. The predicted octanol–water partition coefficient (Wildman–Crippen LogP) is 2.77. The molecule has 2 aromatic rings. The maximum atomic E-state index is 13.2. The third-order valence-corrected chi connectivity index (χ3v) is 4.21. The van der Waals surface area contributed by atoms with Gasteiger partial charge < -0.3 is 19.7 Å². The van der Waals surface area contributed by atoms with Gasteiger partial charge in [0.1, 0.15) is 23.4 Å². The van der Waals surface area contributed by atoms with Gasteiger partial charge in [0.05, 0.1) is 7.11 Å². The van der Waals surface area contributed by atoms with E-state index in [1.165, 1.54) is 17.0 Å². The van der Waals surface area contributed by atoms with Crippen molar-refractivity contribution in [2.75, 3.05) is 20.3 Å². The highest BCUT2D eigenvalue weighted by molar-refractivity contribution is 5.87. The Morgan fingerprint density at radius 3 is 2.25 bits per heavy atom. The van der Waals surface area contributed by atoms with E-state index < -0.39 is 6.04 Å². The average Bonchev–Trinajstić information content (AvgIpc) is 2.71. The van der Waals surface area contributed by atoms with E-state index in [0.717, 1.165) is 5.56 Å². The molecule has 2 rings (SSSR count). The number of benzene rings is 2. The number of hydrogen-bond donors (Lipinski definition) is 1. The van der Waals surface area contributed by atoms with Gasteiger partial charge in [-0.05, 0) is 55.8 Å². The number of carbonyl (C=O) groups is 2. The molecule has 0 radical (unpaired) electrons. The second kappa shape index (κ2) is 10.3. The summed E-state index contributed by atoms with van der Waals surface area (Å²) in [5.41, 5.74) is 0.718. The minimum Gasteiger partial charge on any atom is -0.497 e. The second-order valence-corrected chi connectivity index (χ2v) is 6.18. The maximum absolute atomic E-state index is 13.2. The Balaban J connectivity index is 2.10. The fraction of sp³-hybridized carbons (Fsp3) is 0.333. The Kier molecular flexibility index (Phi) is 7.80. The van der Waals surface area contributed by atoms with Crippen molar-refractivity contribution in [2.45, 2.75) is 26.4 Å². The molecule has 1 N–H and O–H groups in total. The zero-order valence-corrected chi connectivity index (χ0v) is 16.3. The molecule has 28 heavy (non-hydrogen) atoms. The van der Waals surface area contributed by atoms with Crippen LogP contribution in [0.15, 0.2) is 48.5 Å². The summed E-state index contributed by atoms with van der Waals surface area (Å²) < 4.78 is 23.8. The first-order chi connectivity index (χ1) is 13.4. The number of carbonyl (C=O) groups excluding carboxylic acids is 2. The molecule has 2 amide bonds. The summed E-state index contributed by atoms with van der Waals surface area (Å²) in [4.78, 5) is 26.5. The minimum absolute atomic E-state index is 0.170. The number of likely N-dealkylation sites (N-methyl/N-ethyl adjacent to an activating group) is 1. The van der Waals surface area contributed by atoms with Crippen LogP contribution in [0.1, 0.15) is 19.4 Å². The number of ether oxygens (including phenoxy) is 2. The fourth-order valence-electron chi connectivity index (χ4n) is 2.59. The lowest BCUT2D eigenvalue weighted by Gasteiger charge is -2.28.